The number of para-hydroxylation sites is 2. The first kappa shape index (κ1) is 17.7. The largest absolute Gasteiger partial charge is 0.338 e. The predicted octanol–water partition coefficient (Wildman–Crippen LogP) is 3.08. The number of hydrogen-bond donors (Lipinski definition) is 0. The number of imidazole rings is 1. The zero-order valence-corrected chi connectivity index (χ0v) is 15.4. The van der Waals surface area contributed by atoms with Crippen LogP contribution >= 0.6 is 0 Å². The number of nitrogens with zero attached hydrogens (tertiary/aromatic N) is 4. The van der Waals surface area contributed by atoms with Crippen LogP contribution in [0.5, 0.6) is 0 Å². The Hall–Kier alpha value is -2.73. The Labute approximate surface area is 158 Å². The summed E-state index contributed by atoms with van der Waals surface area (Å²) in [7, 11) is 0. The van der Waals surface area contributed by atoms with Gasteiger partial charge in [-0.05, 0) is 36.8 Å². The molecule has 4 rings (SSSR count). The molecule has 2 aromatic carbocycles. The molecule has 3 aromatic rings. The summed E-state index contributed by atoms with van der Waals surface area (Å²) in [5.41, 5.74) is 2.84. The molecule has 1 saturated heterocycles. The van der Waals surface area contributed by atoms with Crippen LogP contribution in [-0.4, -0.2) is 51.4 Å². The van der Waals surface area contributed by atoms with Gasteiger partial charge in [0.1, 0.15) is 11.9 Å². The van der Waals surface area contributed by atoms with Crippen molar-refractivity contribution >= 4 is 16.9 Å². The molecule has 140 valence electrons. The number of amides is 1. The van der Waals surface area contributed by atoms with Gasteiger partial charge in [0.25, 0.3) is 0 Å². The molecule has 0 bridgehead atoms. The first-order valence-corrected chi connectivity index (χ1v) is 9.29. The number of carbonyl (C=O) groups is 1. The summed E-state index contributed by atoms with van der Waals surface area (Å²) in [5, 5.41) is 0. The third-order valence-corrected chi connectivity index (χ3v) is 5.23. The van der Waals surface area contributed by atoms with E-state index in [2.05, 4.69) is 9.88 Å². The normalized spacial score (nSPS) is 16.6. The number of fused-ring (bicyclic) bond motifs is 1. The van der Waals surface area contributed by atoms with Crippen LogP contribution in [-0.2, 0) is 11.3 Å². The predicted molar refractivity (Wildman–Crippen MR) is 103 cm³/mol. The molecule has 1 aromatic heterocycles. The van der Waals surface area contributed by atoms with Crippen molar-refractivity contribution in [3.8, 4) is 0 Å². The molecule has 27 heavy (non-hydrogen) atoms. The van der Waals surface area contributed by atoms with E-state index in [0.717, 1.165) is 29.7 Å². The minimum absolute atomic E-state index is 0.114. The second-order valence-corrected chi connectivity index (χ2v) is 7.05. The molecule has 0 spiro atoms. The van der Waals surface area contributed by atoms with Crippen molar-refractivity contribution in [2.75, 3.05) is 26.2 Å². The molecule has 1 aliphatic rings. The van der Waals surface area contributed by atoms with Gasteiger partial charge in [-0.3, -0.25) is 9.69 Å². The Balaban J connectivity index is 1.38. The van der Waals surface area contributed by atoms with Gasteiger partial charge in [0, 0.05) is 32.7 Å². The SMILES string of the molecule is C[C@@H](C(=O)N1CCN(Cc2cccc(F)c2)CC1)n1cnc2ccccc21. The van der Waals surface area contributed by atoms with Gasteiger partial charge < -0.3 is 9.47 Å². The van der Waals surface area contributed by atoms with Crippen LogP contribution in [0.15, 0.2) is 54.9 Å². The fraction of sp³-hybridized carbons (Fsp3) is 0.333. The molecular weight excluding hydrogens is 343 g/mol. The highest BCUT2D eigenvalue weighted by molar-refractivity contribution is 5.83. The Morgan fingerprint density at radius 1 is 1.11 bits per heavy atom. The molecule has 0 unspecified atom stereocenters. The minimum Gasteiger partial charge on any atom is -0.338 e. The number of hydrogen-bond acceptors (Lipinski definition) is 3. The van der Waals surface area contributed by atoms with Gasteiger partial charge in [0.15, 0.2) is 0 Å². The van der Waals surface area contributed by atoms with Crippen molar-refractivity contribution in [2.45, 2.75) is 19.5 Å². The summed E-state index contributed by atoms with van der Waals surface area (Å²) in [4.78, 5) is 21.5. The van der Waals surface area contributed by atoms with Crippen LogP contribution in [0.2, 0.25) is 0 Å². The van der Waals surface area contributed by atoms with E-state index in [4.69, 9.17) is 0 Å². The van der Waals surface area contributed by atoms with Crippen molar-refractivity contribution in [3.05, 3.63) is 66.2 Å². The van der Waals surface area contributed by atoms with E-state index in [1.54, 1.807) is 18.5 Å². The number of halogens is 1. The molecule has 0 saturated carbocycles. The zero-order chi connectivity index (χ0) is 18.8. The van der Waals surface area contributed by atoms with Crippen LogP contribution in [0.25, 0.3) is 11.0 Å². The van der Waals surface area contributed by atoms with Gasteiger partial charge in [0.2, 0.25) is 5.91 Å². The van der Waals surface area contributed by atoms with Crippen LogP contribution in [0, 0.1) is 5.82 Å². The lowest BCUT2D eigenvalue weighted by molar-refractivity contribution is -0.136. The van der Waals surface area contributed by atoms with E-state index in [1.165, 1.54) is 6.07 Å². The highest BCUT2D eigenvalue weighted by Crippen LogP contribution is 2.20. The van der Waals surface area contributed by atoms with Crippen molar-refractivity contribution < 1.29 is 9.18 Å². The fourth-order valence-corrected chi connectivity index (χ4v) is 3.69. The molecule has 0 N–H and O–H groups in total. The van der Waals surface area contributed by atoms with Crippen molar-refractivity contribution in [2.24, 2.45) is 0 Å². The lowest BCUT2D eigenvalue weighted by atomic mass is 10.2. The summed E-state index contributed by atoms with van der Waals surface area (Å²) in [6.45, 7) is 5.59. The lowest BCUT2D eigenvalue weighted by Crippen LogP contribution is -2.49. The lowest BCUT2D eigenvalue weighted by Gasteiger charge is -2.36. The number of aromatic nitrogens is 2. The standard InChI is InChI=1S/C21H23FN4O/c1-16(26-15-23-19-7-2-3-8-20(19)26)21(27)25-11-9-24(10-12-25)14-17-5-4-6-18(22)13-17/h2-8,13,15-16H,9-12,14H2,1H3/t16-/m0/s1. The maximum absolute atomic E-state index is 13.3. The molecule has 1 amide bonds. The third kappa shape index (κ3) is 3.71. The molecule has 6 heteroatoms. The molecule has 1 atom stereocenters. The van der Waals surface area contributed by atoms with Crippen molar-refractivity contribution in [1.82, 2.24) is 19.4 Å². The van der Waals surface area contributed by atoms with Gasteiger partial charge >= 0.3 is 0 Å². The second-order valence-electron chi connectivity index (χ2n) is 7.05. The highest BCUT2D eigenvalue weighted by atomic mass is 19.1. The molecule has 5 nitrogen and oxygen atoms in total. The van der Waals surface area contributed by atoms with E-state index >= 15 is 0 Å². The Bertz CT molecular complexity index is 946. The van der Waals surface area contributed by atoms with Gasteiger partial charge in [-0.15, -0.1) is 0 Å². The maximum atomic E-state index is 13.3. The average Bonchev–Trinajstić information content (AvgIpc) is 3.12. The summed E-state index contributed by atoms with van der Waals surface area (Å²) >= 11 is 0. The van der Waals surface area contributed by atoms with Crippen molar-refractivity contribution in [3.63, 3.8) is 0 Å². The van der Waals surface area contributed by atoms with E-state index < -0.39 is 0 Å². The summed E-state index contributed by atoms with van der Waals surface area (Å²) < 4.78 is 15.3. The summed E-state index contributed by atoms with van der Waals surface area (Å²) in [6.07, 6.45) is 1.74. The maximum Gasteiger partial charge on any atom is 0.245 e. The highest BCUT2D eigenvalue weighted by Gasteiger charge is 2.26. The monoisotopic (exact) mass is 366 g/mol. The Kier molecular flexibility index (Phi) is 4.90. The minimum atomic E-state index is -0.285. The number of carbonyl (C=O) groups excluding carboxylic acids is 1. The molecule has 0 radical (unpaired) electrons. The quantitative estimate of drug-likeness (QED) is 0.713. The zero-order valence-electron chi connectivity index (χ0n) is 15.4. The van der Waals surface area contributed by atoms with Gasteiger partial charge in [-0.1, -0.05) is 24.3 Å². The fourth-order valence-electron chi connectivity index (χ4n) is 3.69. The smallest absolute Gasteiger partial charge is 0.245 e. The van der Waals surface area contributed by atoms with Crippen LogP contribution in [0.1, 0.15) is 18.5 Å². The Morgan fingerprint density at radius 3 is 2.67 bits per heavy atom. The average molecular weight is 366 g/mol. The number of piperazine rings is 1. The first-order chi connectivity index (χ1) is 13.1. The second kappa shape index (κ2) is 7.48. The topological polar surface area (TPSA) is 41.4 Å². The van der Waals surface area contributed by atoms with E-state index in [9.17, 15) is 9.18 Å². The molecule has 2 heterocycles. The van der Waals surface area contributed by atoms with Gasteiger partial charge in [-0.25, -0.2) is 9.37 Å². The summed E-state index contributed by atoms with van der Waals surface area (Å²) in [6, 6.07) is 14.3. The third-order valence-electron chi connectivity index (χ3n) is 5.23. The first-order valence-electron chi connectivity index (χ1n) is 9.29. The van der Waals surface area contributed by atoms with Crippen LogP contribution in [0.3, 0.4) is 0 Å². The molecular formula is C21H23FN4O. The van der Waals surface area contributed by atoms with Gasteiger partial charge in [0.05, 0.1) is 17.4 Å². The number of rotatable bonds is 4. The molecule has 1 aliphatic heterocycles. The van der Waals surface area contributed by atoms with Gasteiger partial charge in [-0.2, -0.15) is 0 Å². The van der Waals surface area contributed by atoms with Crippen molar-refractivity contribution in [1.29, 1.82) is 0 Å². The van der Waals surface area contributed by atoms with E-state index in [0.29, 0.717) is 19.6 Å². The van der Waals surface area contributed by atoms with E-state index in [-0.39, 0.29) is 17.8 Å². The van der Waals surface area contributed by atoms with E-state index in [1.807, 2.05) is 46.7 Å². The van der Waals surface area contributed by atoms with Crippen LogP contribution in [0.4, 0.5) is 4.39 Å². The molecule has 0 aliphatic carbocycles. The molecule has 1 fully saturated rings. The van der Waals surface area contributed by atoms with Crippen LogP contribution < -0.4 is 0 Å². The number of benzene rings is 2. The summed E-state index contributed by atoms with van der Waals surface area (Å²) in [5.74, 6) is -0.0914. The Morgan fingerprint density at radius 2 is 1.89 bits per heavy atom.